The van der Waals surface area contributed by atoms with Gasteiger partial charge < -0.3 is 0 Å². The van der Waals surface area contributed by atoms with Gasteiger partial charge in [0.2, 0.25) is 0 Å². The fourth-order valence-electron chi connectivity index (χ4n) is 4.19. The van der Waals surface area contributed by atoms with E-state index in [0.29, 0.717) is 15.5 Å². The van der Waals surface area contributed by atoms with E-state index in [1.807, 2.05) is 0 Å². The number of hydrogen-bond acceptors (Lipinski definition) is 1. The normalized spacial score (nSPS) is 14.4. The lowest BCUT2D eigenvalue weighted by Gasteiger charge is -2.52. The predicted molar refractivity (Wildman–Crippen MR) is 103 cm³/mol. The van der Waals surface area contributed by atoms with Crippen LogP contribution in [0.1, 0.15) is 67.9 Å². The molecular formula is C19H34PS+. The first-order chi connectivity index (χ1) is 9.22. The molecule has 0 aliphatic carbocycles. The fourth-order valence-corrected chi connectivity index (χ4v) is 15.4. The quantitative estimate of drug-likeness (QED) is 0.510. The van der Waals surface area contributed by atoms with Crippen LogP contribution in [0.25, 0.3) is 0 Å². The van der Waals surface area contributed by atoms with Crippen LogP contribution in [0.4, 0.5) is 0 Å². The summed E-state index contributed by atoms with van der Waals surface area (Å²) in [5.41, 5.74) is 1.34. The highest BCUT2D eigenvalue weighted by Crippen LogP contribution is 2.91. The summed E-state index contributed by atoms with van der Waals surface area (Å²) in [6.45, 7) is 22.8. The minimum Gasteiger partial charge on any atom is -0.0581 e. The zero-order chi connectivity index (χ0) is 16.7. The maximum atomic E-state index is 2.44. The zero-order valence-corrected chi connectivity index (χ0v) is 17.4. The summed E-state index contributed by atoms with van der Waals surface area (Å²) >= 11 is 2.18. The van der Waals surface area contributed by atoms with Gasteiger partial charge in [0.05, 0.1) is 33.3 Å². The average Bonchev–Trinajstić information content (AvgIpc) is 2.22. The van der Waals surface area contributed by atoms with Gasteiger partial charge in [-0.3, -0.25) is 0 Å². The smallest absolute Gasteiger partial charge is 0.0581 e. The molecule has 21 heavy (non-hydrogen) atoms. The van der Waals surface area contributed by atoms with Crippen molar-refractivity contribution in [2.75, 3.05) is 0 Å². The third-order valence-electron chi connectivity index (χ3n) is 4.10. The Morgan fingerprint density at radius 1 is 0.667 bits per heavy atom. The van der Waals surface area contributed by atoms with Crippen LogP contribution < -0.4 is 0 Å². The van der Waals surface area contributed by atoms with Crippen LogP contribution in [0.5, 0.6) is 0 Å². The van der Waals surface area contributed by atoms with E-state index in [4.69, 9.17) is 0 Å². The Labute approximate surface area is 137 Å². The van der Waals surface area contributed by atoms with Crippen molar-refractivity contribution >= 4 is 17.8 Å². The molecule has 0 amide bonds. The Kier molecular flexibility index (Phi) is 5.35. The second-order valence-electron chi connectivity index (χ2n) is 9.03. The van der Waals surface area contributed by atoms with Gasteiger partial charge in [-0.2, -0.15) is 0 Å². The molecule has 0 bridgehead atoms. The summed E-state index contributed by atoms with van der Waals surface area (Å²) < 4.78 is 0. The maximum absolute atomic E-state index is 2.44. The lowest BCUT2D eigenvalue weighted by molar-refractivity contribution is 0.637. The van der Waals surface area contributed by atoms with E-state index in [1.165, 1.54) is 10.5 Å². The summed E-state index contributed by atoms with van der Waals surface area (Å²) in [6.07, 6.45) is 0. The van der Waals surface area contributed by atoms with Gasteiger partial charge in [0.1, 0.15) is 0 Å². The first-order valence-corrected chi connectivity index (χ1v) is 11.1. The van der Waals surface area contributed by atoms with Crippen molar-refractivity contribution in [1.29, 1.82) is 0 Å². The van der Waals surface area contributed by atoms with E-state index in [0.717, 1.165) is 0 Å². The molecule has 0 unspecified atom stereocenters. The number of rotatable bonds is 2. The van der Waals surface area contributed by atoms with E-state index < -0.39 is 6.46 Å². The largest absolute Gasteiger partial charge is 0.0946 e. The molecule has 0 aliphatic heterocycles. The molecular weight excluding hydrogens is 291 g/mol. The van der Waals surface area contributed by atoms with E-state index in [-0.39, 0.29) is 0 Å². The molecule has 1 aromatic rings. The van der Waals surface area contributed by atoms with Gasteiger partial charge in [-0.25, -0.2) is 0 Å². The summed E-state index contributed by atoms with van der Waals surface area (Å²) in [6, 6.07) is 9.09. The Morgan fingerprint density at radius 2 is 1.00 bits per heavy atom. The van der Waals surface area contributed by atoms with Crippen molar-refractivity contribution in [3.05, 3.63) is 29.8 Å². The molecule has 1 rings (SSSR count). The van der Waals surface area contributed by atoms with Gasteiger partial charge in [0, 0.05) is 4.90 Å². The molecule has 0 spiro atoms. The molecule has 0 aromatic heterocycles. The molecule has 0 saturated carbocycles. The predicted octanol–water partition coefficient (Wildman–Crippen LogP) is 7.42. The standard InChI is InChI=1S/C19H34PS/c1-15-11-13-16(14-12-15)21-20(17(2,3)4,18(5,6)7)19(8,9)10/h11-14H,1-10H3/q+1. The summed E-state index contributed by atoms with van der Waals surface area (Å²) in [4.78, 5) is 1.42. The number of benzene rings is 1. The highest BCUT2D eigenvalue weighted by Gasteiger charge is 2.66. The van der Waals surface area contributed by atoms with E-state index in [2.05, 4.69) is 105 Å². The number of aryl methyl sites for hydroxylation is 1. The monoisotopic (exact) mass is 325 g/mol. The van der Waals surface area contributed by atoms with Crippen LogP contribution in [0.15, 0.2) is 29.2 Å². The fraction of sp³-hybridized carbons (Fsp3) is 0.684. The van der Waals surface area contributed by atoms with Crippen LogP contribution in [0.3, 0.4) is 0 Å². The lowest BCUT2D eigenvalue weighted by atomic mass is 10.2. The maximum Gasteiger partial charge on any atom is 0.0946 e. The van der Waals surface area contributed by atoms with Crippen LogP contribution >= 0.6 is 17.8 Å². The van der Waals surface area contributed by atoms with Crippen molar-refractivity contribution in [2.24, 2.45) is 0 Å². The average molecular weight is 326 g/mol. The third kappa shape index (κ3) is 3.67. The van der Waals surface area contributed by atoms with Crippen molar-refractivity contribution < 1.29 is 0 Å². The first-order valence-electron chi connectivity index (χ1n) is 7.88. The third-order valence-corrected chi connectivity index (χ3v) is 16.9. The molecule has 0 aliphatic rings. The van der Waals surface area contributed by atoms with E-state index in [1.54, 1.807) is 0 Å². The van der Waals surface area contributed by atoms with Crippen LogP contribution in [-0.2, 0) is 0 Å². The van der Waals surface area contributed by atoms with E-state index >= 15 is 0 Å². The minimum atomic E-state index is -1.37. The molecule has 0 radical (unpaired) electrons. The summed E-state index contributed by atoms with van der Waals surface area (Å²) in [5.74, 6) is 0. The Hall–Kier alpha value is -0.0000000000000000555. The Bertz CT molecular complexity index is 430. The molecule has 0 fully saturated rings. The molecule has 0 atom stereocenters. The van der Waals surface area contributed by atoms with Gasteiger partial charge in [0.25, 0.3) is 0 Å². The molecule has 0 saturated heterocycles. The summed E-state index contributed by atoms with van der Waals surface area (Å²) in [7, 11) is 0. The lowest BCUT2D eigenvalue weighted by Crippen LogP contribution is -2.41. The van der Waals surface area contributed by atoms with Crippen LogP contribution in [0, 0.1) is 6.92 Å². The Balaban J connectivity index is 3.47. The van der Waals surface area contributed by atoms with Gasteiger partial charge in [0.15, 0.2) is 0 Å². The van der Waals surface area contributed by atoms with E-state index in [9.17, 15) is 0 Å². The second kappa shape index (κ2) is 5.89. The molecule has 0 N–H and O–H groups in total. The van der Waals surface area contributed by atoms with Crippen molar-refractivity contribution in [3.8, 4) is 0 Å². The van der Waals surface area contributed by atoms with Gasteiger partial charge in [-0.15, -0.1) is 0 Å². The molecule has 1 aromatic carbocycles. The van der Waals surface area contributed by atoms with Gasteiger partial charge >= 0.3 is 0 Å². The molecule has 0 nitrogen and oxygen atoms in total. The molecule has 2 heteroatoms. The topological polar surface area (TPSA) is 0 Å². The van der Waals surface area contributed by atoms with Crippen molar-refractivity contribution in [1.82, 2.24) is 0 Å². The molecule has 0 heterocycles. The Morgan fingerprint density at radius 3 is 1.29 bits per heavy atom. The van der Waals surface area contributed by atoms with Crippen molar-refractivity contribution in [3.63, 3.8) is 0 Å². The highest BCUT2D eigenvalue weighted by molar-refractivity contribution is 8.63. The SMILES string of the molecule is Cc1ccc(S[P+](C(C)(C)C)(C(C)(C)C)C(C)(C)C)cc1. The van der Waals surface area contributed by atoms with Crippen molar-refractivity contribution in [2.45, 2.75) is 89.6 Å². The second-order valence-corrected chi connectivity index (χ2v) is 17.1. The molecule has 120 valence electrons. The van der Waals surface area contributed by atoms with Crippen LogP contribution in [0.2, 0.25) is 0 Å². The first kappa shape index (κ1) is 19.0. The zero-order valence-electron chi connectivity index (χ0n) is 15.7. The minimum absolute atomic E-state index is 0.305. The van der Waals surface area contributed by atoms with Crippen LogP contribution in [-0.4, -0.2) is 15.5 Å². The number of hydrogen-bond donors (Lipinski definition) is 0. The van der Waals surface area contributed by atoms with Gasteiger partial charge in [-0.1, -0.05) is 17.7 Å². The van der Waals surface area contributed by atoms with Gasteiger partial charge in [-0.05, 0) is 81.4 Å². The summed E-state index contributed by atoms with van der Waals surface area (Å²) in [5, 5.41) is 0.914. The highest BCUT2D eigenvalue weighted by atomic mass is 32.7.